The van der Waals surface area contributed by atoms with E-state index in [1.165, 1.54) is 18.4 Å². The minimum atomic E-state index is 0.295. The lowest BCUT2D eigenvalue weighted by atomic mass is 9.96. The van der Waals surface area contributed by atoms with Gasteiger partial charge in [0.25, 0.3) is 0 Å². The predicted octanol–water partition coefficient (Wildman–Crippen LogP) is 2.47. The van der Waals surface area contributed by atoms with Crippen LogP contribution in [0.5, 0.6) is 5.75 Å². The van der Waals surface area contributed by atoms with E-state index in [-0.39, 0.29) is 0 Å². The van der Waals surface area contributed by atoms with Crippen LogP contribution in [0.15, 0.2) is 24.3 Å². The van der Waals surface area contributed by atoms with E-state index in [0.29, 0.717) is 5.41 Å². The molecule has 1 saturated carbocycles. The molecule has 0 heterocycles. The minimum Gasteiger partial charge on any atom is -0.494 e. The monoisotopic (exact) mass is 205 g/mol. The van der Waals surface area contributed by atoms with Gasteiger partial charge in [-0.15, -0.1) is 0 Å². The molecule has 1 fully saturated rings. The topological polar surface area (TPSA) is 35.2 Å². The van der Waals surface area contributed by atoms with Gasteiger partial charge in [-0.3, -0.25) is 0 Å². The molecule has 1 aromatic rings. The van der Waals surface area contributed by atoms with Gasteiger partial charge in [0.2, 0.25) is 0 Å². The summed E-state index contributed by atoms with van der Waals surface area (Å²) in [5, 5.41) is 0. The molecule has 0 bridgehead atoms. The van der Waals surface area contributed by atoms with Crippen molar-refractivity contribution < 1.29 is 4.74 Å². The highest BCUT2D eigenvalue weighted by Crippen LogP contribution is 2.47. The van der Waals surface area contributed by atoms with Crippen molar-refractivity contribution in [1.29, 1.82) is 0 Å². The highest BCUT2D eigenvalue weighted by Gasteiger charge is 2.42. The van der Waals surface area contributed by atoms with Crippen LogP contribution < -0.4 is 10.5 Å². The van der Waals surface area contributed by atoms with E-state index in [4.69, 9.17) is 10.5 Å². The fraction of sp³-hybridized carbons (Fsp3) is 0.538. The molecule has 0 radical (unpaired) electrons. The van der Waals surface area contributed by atoms with Crippen LogP contribution in [0.2, 0.25) is 0 Å². The number of nitrogens with two attached hydrogens (primary N) is 1. The highest BCUT2D eigenvalue weighted by atomic mass is 16.5. The van der Waals surface area contributed by atoms with Gasteiger partial charge in [0, 0.05) is 12.0 Å². The van der Waals surface area contributed by atoms with Crippen molar-refractivity contribution in [1.82, 2.24) is 0 Å². The third-order valence-corrected chi connectivity index (χ3v) is 3.18. The average Bonchev–Trinajstić information content (AvgIpc) is 3.08. The van der Waals surface area contributed by atoms with E-state index in [0.717, 1.165) is 25.3 Å². The molecule has 0 spiro atoms. The zero-order chi connectivity index (χ0) is 10.7. The largest absolute Gasteiger partial charge is 0.494 e. The van der Waals surface area contributed by atoms with Crippen molar-refractivity contribution in [2.75, 3.05) is 13.2 Å². The number of hydrogen-bond acceptors (Lipinski definition) is 2. The van der Waals surface area contributed by atoms with Crippen molar-refractivity contribution in [3.05, 3.63) is 29.8 Å². The van der Waals surface area contributed by atoms with Crippen LogP contribution in [-0.2, 0) is 5.41 Å². The van der Waals surface area contributed by atoms with Crippen LogP contribution in [0.4, 0.5) is 0 Å². The number of ether oxygens (including phenoxy) is 1. The summed E-state index contributed by atoms with van der Waals surface area (Å²) in [7, 11) is 0. The van der Waals surface area contributed by atoms with Crippen LogP contribution in [0.25, 0.3) is 0 Å². The zero-order valence-electron chi connectivity index (χ0n) is 9.33. The van der Waals surface area contributed by atoms with Gasteiger partial charge in [0.15, 0.2) is 0 Å². The van der Waals surface area contributed by atoms with Crippen LogP contribution in [0, 0.1) is 0 Å². The Morgan fingerprint density at radius 1 is 1.27 bits per heavy atom. The van der Waals surface area contributed by atoms with Gasteiger partial charge in [-0.2, -0.15) is 0 Å². The predicted molar refractivity (Wildman–Crippen MR) is 62.2 cm³/mol. The van der Waals surface area contributed by atoms with Gasteiger partial charge >= 0.3 is 0 Å². The summed E-state index contributed by atoms with van der Waals surface area (Å²) >= 11 is 0. The number of benzene rings is 1. The molecule has 1 aliphatic carbocycles. The Balaban J connectivity index is 2.04. The summed E-state index contributed by atoms with van der Waals surface area (Å²) < 4.78 is 5.55. The van der Waals surface area contributed by atoms with Gasteiger partial charge in [-0.05, 0) is 37.0 Å². The first-order valence-corrected chi connectivity index (χ1v) is 5.74. The third kappa shape index (κ3) is 2.15. The summed E-state index contributed by atoms with van der Waals surface area (Å²) in [5.74, 6) is 0.966. The summed E-state index contributed by atoms with van der Waals surface area (Å²) in [4.78, 5) is 0. The first-order valence-electron chi connectivity index (χ1n) is 5.74. The lowest BCUT2D eigenvalue weighted by Crippen LogP contribution is -2.19. The number of rotatable bonds is 5. The van der Waals surface area contributed by atoms with Gasteiger partial charge in [0.05, 0.1) is 6.61 Å². The summed E-state index contributed by atoms with van der Waals surface area (Å²) in [6, 6.07) is 8.43. The molecule has 2 rings (SSSR count). The molecule has 15 heavy (non-hydrogen) atoms. The van der Waals surface area contributed by atoms with Crippen LogP contribution in [0.1, 0.15) is 31.7 Å². The first-order chi connectivity index (χ1) is 7.30. The molecule has 0 amide bonds. The maximum absolute atomic E-state index is 5.79. The maximum Gasteiger partial charge on any atom is 0.119 e. The molecule has 0 aliphatic heterocycles. The smallest absolute Gasteiger partial charge is 0.119 e. The average molecular weight is 205 g/mol. The molecule has 1 aromatic carbocycles. The lowest BCUT2D eigenvalue weighted by Gasteiger charge is -2.13. The quantitative estimate of drug-likeness (QED) is 0.801. The van der Waals surface area contributed by atoms with Crippen LogP contribution in [0.3, 0.4) is 0 Å². The summed E-state index contributed by atoms with van der Waals surface area (Å²) in [6.07, 6.45) is 3.52. The van der Waals surface area contributed by atoms with E-state index in [9.17, 15) is 0 Å². The second kappa shape index (κ2) is 4.23. The Bertz CT molecular complexity index is 314. The standard InChI is InChI=1S/C13H19NO/c1-2-9-15-12-5-3-11(4-6-12)13(10-14)7-8-13/h3-6H,2,7-10,14H2,1H3. The Morgan fingerprint density at radius 3 is 2.40 bits per heavy atom. The van der Waals surface area contributed by atoms with E-state index in [1.807, 2.05) is 0 Å². The van der Waals surface area contributed by atoms with Crippen LogP contribution >= 0.6 is 0 Å². The fourth-order valence-corrected chi connectivity index (χ4v) is 1.89. The highest BCUT2D eigenvalue weighted by molar-refractivity contribution is 5.36. The van der Waals surface area contributed by atoms with Crippen molar-refractivity contribution in [3.8, 4) is 5.75 Å². The van der Waals surface area contributed by atoms with Gasteiger partial charge in [-0.25, -0.2) is 0 Å². The third-order valence-electron chi connectivity index (χ3n) is 3.18. The molecule has 0 atom stereocenters. The normalized spacial score (nSPS) is 17.5. The Kier molecular flexibility index (Phi) is 2.96. The molecule has 82 valence electrons. The lowest BCUT2D eigenvalue weighted by molar-refractivity contribution is 0.317. The van der Waals surface area contributed by atoms with Crippen molar-refractivity contribution >= 4 is 0 Å². The molecule has 0 unspecified atom stereocenters. The molecule has 1 aliphatic rings. The Morgan fingerprint density at radius 2 is 1.93 bits per heavy atom. The van der Waals surface area contributed by atoms with E-state index < -0.39 is 0 Å². The summed E-state index contributed by atoms with van der Waals surface area (Å²) in [5.41, 5.74) is 7.45. The molecular formula is C13H19NO. The Labute approximate surface area is 91.4 Å². The molecular weight excluding hydrogens is 186 g/mol. The number of hydrogen-bond donors (Lipinski definition) is 1. The minimum absolute atomic E-state index is 0.295. The fourth-order valence-electron chi connectivity index (χ4n) is 1.89. The molecule has 2 heteroatoms. The SMILES string of the molecule is CCCOc1ccc(C2(CN)CC2)cc1. The van der Waals surface area contributed by atoms with E-state index in [1.54, 1.807) is 0 Å². The zero-order valence-corrected chi connectivity index (χ0v) is 9.33. The van der Waals surface area contributed by atoms with E-state index >= 15 is 0 Å². The molecule has 0 aromatic heterocycles. The maximum atomic E-state index is 5.79. The summed E-state index contributed by atoms with van der Waals surface area (Å²) in [6.45, 7) is 3.67. The molecule has 2 nitrogen and oxygen atoms in total. The molecule has 0 saturated heterocycles. The van der Waals surface area contributed by atoms with Crippen LogP contribution in [-0.4, -0.2) is 13.2 Å². The van der Waals surface area contributed by atoms with Gasteiger partial charge in [0.1, 0.15) is 5.75 Å². The van der Waals surface area contributed by atoms with Gasteiger partial charge < -0.3 is 10.5 Å². The second-order valence-corrected chi connectivity index (χ2v) is 4.36. The second-order valence-electron chi connectivity index (χ2n) is 4.36. The van der Waals surface area contributed by atoms with E-state index in [2.05, 4.69) is 31.2 Å². The van der Waals surface area contributed by atoms with Crippen molar-refractivity contribution in [3.63, 3.8) is 0 Å². The molecule has 2 N–H and O–H groups in total. The van der Waals surface area contributed by atoms with Gasteiger partial charge in [-0.1, -0.05) is 19.1 Å². The van der Waals surface area contributed by atoms with Crippen molar-refractivity contribution in [2.24, 2.45) is 5.73 Å². The first kappa shape index (κ1) is 10.5. The Hall–Kier alpha value is -1.02. The van der Waals surface area contributed by atoms with Crippen molar-refractivity contribution in [2.45, 2.75) is 31.6 Å².